The van der Waals surface area contributed by atoms with Crippen LogP contribution in [-0.2, 0) is 11.2 Å². The fourth-order valence-corrected chi connectivity index (χ4v) is 3.31. The molecule has 1 heterocycles. The summed E-state index contributed by atoms with van der Waals surface area (Å²) in [6, 6.07) is 5.22. The number of rotatable bonds is 5. The van der Waals surface area contributed by atoms with Crippen molar-refractivity contribution in [3.63, 3.8) is 0 Å². The van der Waals surface area contributed by atoms with Gasteiger partial charge in [-0.25, -0.2) is 4.39 Å². The van der Waals surface area contributed by atoms with Crippen molar-refractivity contribution in [2.75, 3.05) is 12.4 Å². The van der Waals surface area contributed by atoms with Gasteiger partial charge in [0.15, 0.2) is 0 Å². The van der Waals surface area contributed by atoms with E-state index in [0.29, 0.717) is 12.5 Å². The Labute approximate surface area is 112 Å². The fraction of sp³-hybridized carbons (Fsp3) is 0.571. The van der Waals surface area contributed by atoms with Crippen LogP contribution < -0.4 is 5.73 Å². The second kappa shape index (κ2) is 6.55. The van der Waals surface area contributed by atoms with E-state index in [4.69, 9.17) is 10.5 Å². The summed E-state index contributed by atoms with van der Waals surface area (Å²) in [5, 5.41) is 0. The fourth-order valence-electron chi connectivity index (χ4n) is 2.15. The van der Waals surface area contributed by atoms with Crippen molar-refractivity contribution in [1.29, 1.82) is 0 Å². The second-order valence-electron chi connectivity index (χ2n) is 4.84. The molecule has 100 valence electrons. The van der Waals surface area contributed by atoms with Crippen LogP contribution in [0.5, 0.6) is 0 Å². The lowest BCUT2D eigenvalue weighted by Gasteiger charge is -2.14. The van der Waals surface area contributed by atoms with Gasteiger partial charge in [-0.3, -0.25) is 0 Å². The number of halogens is 1. The van der Waals surface area contributed by atoms with Gasteiger partial charge < -0.3 is 10.5 Å². The van der Waals surface area contributed by atoms with Crippen molar-refractivity contribution >= 4 is 11.8 Å². The summed E-state index contributed by atoms with van der Waals surface area (Å²) >= 11 is 1.68. The van der Waals surface area contributed by atoms with E-state index in [0.717, 1.165) is 35.7 Å². The third-order valence-corrected chi connectivity index (χ3v) is 4.28. The van der Waals surface area contributed by atoms with E-state index in [-0.39, 0.29) is 11.9 Å². The predicted molar refractivity (Wildman–Crippen MR) is 73.5 cm³/mol. The summed E-state index contributed by atoms with van der Waals surface area (Å²) in [6.45, 7) is 2.77. The van der Waals surface area contributed by atoms with Crippen molar-refractivity contribution in [3.8, 4) is 0 Å². The van der Waals surface area contributed by atoms with Gasteiger partial charge in [0.1, 0.15) is 5.82 Å². The minimum atomic E-state index is -0.148. The average Bonchev–Trinajstić information content (AvgIpc) is 2.82. The van der Waals surface area contributed by atoms with E-state index < -0.39 is 0 Å². The molecule has 0 saturated carbocycles. The zero-order valence-corrected chi connectivity index (χ0v) is 11.5. The van der Waals surface area contributed by atoms with Crippen molar-refractivity contribution in [1.82, 2.24) is 0 Å². The maximum atomic E-state index is 13.8. The number of hydrogen-bond donors (Lipinski definition) is 1. The van der Waals surface area contributed by atoms with Crippen LogP contribution in [0.25, 0.3) is 0 Å². The lowest BCUT2D eigenvalue weighted by Crippen LogP contribution is -2.19. The van der Waals surface area contributed by atoms with E-state index in [9.17, 15) is 4.39 Å². The summed E-state index contributed by atoms with van der Waals surface area (Å²) in [6.07, 6.45) is 3.16. The molecule has 2 unspecified atom stereocenters. The number of thioether (sulfide) groups is 1. The molecule has 0 radical (unpaired) electrons. The van der Waals surface area contributed by atoms with E-state index in [2.05, 4.69) is 0 Å². The molecule has 1 aromatic carbocycles. The van der Waals surface area contributed by atoms with Crippen LogP contribution in [0.4, 0.5) is 4.39 Å². The number of nitrogens with two attached hydrogens (primary N) is 1. The highest BCUT2D eigenvalue weighted by atomic mass is 32.2. The summed E-state index contributed by atoms with van der Waals surface area (Å²) in [4.78, 5) is 1.00. The topological polar surface area (TPSA) is 35.2 Å². The average molecular weight is 269 g/mol. The Kier molecular flexibility index (Phi) is 5.03. The maximum Gasteiger partial charge on any atom is 0.127 e. The summed E-state index contributed by atoms with van der Waals surface area (Å²) in [5.41, 5.74) is 6.53. The third kappa shape index (κ3) is 3.70. The van der Waals surface area contributed by atoms with Gasteiger partial charge in [-0.1, -0.05) is 6.07 Å². The van der Waals surface area contributed by atoms with Crippen molar-refractivity contribution in [2.24, 2.45) is 5.73 Å². The maximum absolute atomic E-state index is 13.8. The molecule has 1 saturated heterocycles. The molecule has 0 aliphatic carbocycles. The molecule has 1 aromatic rings. The molecule has 0 bridgehead atoms. The minimum Gasteiger partial charge on any atom is -0.377 e. The lowest BCUT2D eigenvalue weighted by molar-refractivity contribution is 0.129. The Morgan fingerprint density at radius 3 is 3.06 bits per heavy atom. The van der Waals surface area contributed by atoms with Crippen LogP contribution >= 0.6 is 11.8 Å². The monoisotopic (exact) mass is 269 g/mol. The van der Waals surface area contributed by atoms with E-state index >= 15 is 0 Å². The third-order valence-electron chi connectivity index (χ3n) is 3.05. The predicted octanol–water partition coefficient (Wildman–Crippen LogP) is 2.99. The molecule has 4 heteroatoms. The van der Waals surface area contributed by atoms with Gasteiger partial charge in [-0.15, -0.1) is 11.8 Å². The van der Waals surface area contributed by atoms with Crippen LogP contribution in [0.15, 0.2) is 23.1 Å². The largest absolute Gasteiger partial charge is 0.377 e. The van der Waals surface area contributed by atoms with Gasteiger partial charge >= 0.3 is 0 Å². The molecule has 0 amide bonds. The van der Waals surface area contributed by atoms with Crippen LogP contribution in [0.2, 0.25) is 0 Å². The van der Waals surface area contributed by atoms with Crippen LogP contribution in [0.1, 0.15) is 25.3 Å². The van der Waals surface area contributed by atoms with Gasteiger partial charge in [0.2, 0.25) is 0 Å². The molecule has 1 aliphatic heterocycles. The van der Waals surface area contributed by atoms with Crippen LogP contribution in [-0.4, -0.2) is 24.5 Å². The first-order valence-corrected chi connectivity index (χ1v) is 7.42. The molecule has 0 aromatic heterocycles. The van der Waals surface area contributed by atoms with Crippen LogP contribution in [0.3, 0.4) is 0 Å². The molecule has 1 aliphatic rings. The quantitative estimate of drug-likeness (QED) is 0.835. The molecule has 2 atom stereocenters. The Hall–Kier alpha value is -0.580. The molecule has 2 nitrogen and oxygen atoms in total. The van der Waals surface area contributed by atoms with Gasteiger partial charge in [0.05, 0.1) is 6.10 Å². The highest BCUT2D eigenvalue weighted by Crippen LogP contribution is 2.28. The molecule has 2 N–H and O–H groups in total. The number of hydrogen-bond acceptors (Lipinski definition) is 3. The highest BCUT2D eigenvalue weighted by molar-refractivity contribution is 7.99. The Morgan fingerprint density at radius 2 is 2.39 bits per heavy atom. The number of benzene rings is 1. The first-order valence-electron chi connectivity index (χ1n) is 6.44. The van der Waals surface area contributed by atoms with Gasteiger partial charge in [-0.05, 0) is 38.3 Å². The van der Waals surface area contributed by atoms with E-state index in [1.165, 1.54) is 6.07 Å². The summed E-state index contributed by atoms with van der Waals surface area (Å²) in [7, 11) is 0. The molecule has 2 rings (SSSR count). The number of ether oxygens (including phenoxy) is 1. The second-order valence-corrected chi connectivity index (χ2v) is 5.91. The standard InChI is InChI=1S/C14H20FNOS/c1-10(16)8-12-13(15)5-2-6-14(12)18-9-11-4-3-7-17-11/h2,5-6,10-11H,3-4,7-9,16H2,1H3. The van der Waals surface area contributed by atoms with Crippen molar-refractivity contribution in [3.05, 3.63) is 29.6 Å². The van der Waals surface area contributed by atoms with E-state index in [1.807, 2.05) is 13.0 Å². The Bertz CT molecular complexity index is 391. The van der Waals surface area contributed by atoms with Crippen molar-refractivity contribution in [2.45, 2.75) is 43.2 Å². The first-order chi connectivity index (χ1) is 8.66. The molecule has 0 spiro atoms. The summed E-state index contributed by atoms with van der Waals surface area (Å²) < 4.78 is 19.4. The minimum absolute atomic E-state index is 0.0241. The summed E-state index contributed by atoms with van der Waals surface area (Å²) in [5.74, 6) is 0.750. The molecule has 1 fully saturated rings. The zero-order valence-electron chi connectivity index (χ0n) is 10.7. The van der Waals surface area contributed by atoms with E-state index in [1.54, 1.807) is 17.8 Å². The van der Waals surface area contributed by atoms with Gasteiger partial charge in [0.25, 0.3) is 0 Å². The Balaban J connectivity index is 2.03. The Morgan fingerprint density at radius 1 is 1.56 bits per heavy atom. The van der Waals surface area contributed by atoms with Crippen molar-refractivity contribution < 1.29 is 9.13 Å². The first kappa shape index (κ1) is 13.8. The molecular weight excluding hydrogens is 249 g/mol. The lowest BCUT2D eigenvalue weighted by atomic mass is 10.1. The molecule has 18 heavy (non-hydrogen) atoms. The van der Waals surface area contributed by atoms with Crippen LogP contribution in [0, 0.1) is 5.82 Å². The highest BCUT2D eigenvalue weighted by Gasteiger charge is 2.17. The van der Waals surface area contributed by atoms with Gasteiger partial charge in [0, 0.05) is 28.9 Å². The van der Waals surface area contributed by atoms with Gasteiger partial charge in [-0.2, -0.15) is 0 Å². The SMILES string of the molecule is CC(N)Cc1c(F)cccc1SCC1CCCO1. The molecular formula is C14H20FNOS. The smallest absolute Gasteiger partial charge is 0.127 e. The zero-order chi connectivity index (χ0) is 13.0. The normalized spacial score (nSPS) is 21.2.